The summed E-state index contributed by atoms with van der Waals surface area (Å²) in [6, 6.07) is 0. The number of nitrogens with one attached hydrogen (secondary N) is 2. The SMILES string of the molecule is Cn1cnc(CNCCNC(C)(C)C)c1. The van der Waals surface area contributed by atoms with Gasteiger partial charge in [-0.2, -0.15) is 0 Å². The first kappa shape index (κ1) is 12.2. The van der Waals surface area contributed by atoms with Crippen molar-refractivity contribution < 1.29 is 0 Å². The van der Waals surface area contributed by atoms with E-state index < -0.39 is 0 Å². The molecule has 4 nitrogen and oxygen atoms in total. The average molecular weight is 210 g/mol. The van der Waals surface area contributed by atoms with E-state index in [9.17, 15) is 0 Å². The van der Waals surface area contributed by atoms with E-state index in [1.165, 1.54) is 0 Å². The number of rotatable bonds is 5. The molecule has 0 unspecified atom stereocenters. The summed E-state index contributed by atoms with van der Waals surface area (Å²) in [4.78, 5) is 4.24. The Balaban J connectivity index is 2.07. The van der Waals surface area contributed by atoms with Gasteiger partial charge in [0.05, 0.1) is 12.0 Å². The Morgan fingerprint density at radius 2 is 2.07 bits per heavy atom. The second kappa shape index (κ2) is 5.28. The molecule has 0 aliphatic carbocycles. The number of hydrogen-bond acceptors (Lipinski definition) is 3. The van der Waals surface area contributed by atoms with Gasteiger partial charge < -0.3 is 15.2 Å². The fraction of sp³-hybridized carbons (Fsp3) is 0.727. The maximum Gasteiger partial charge on any atom is 0.0947 e. The molecule has 0 atom stereocenters. The van der Waals surface area contributed by atoms with Crippen molar-refractivity contribution >= 4 is 0 Å². The first-order chi connectivity index (χ1) is 6.97. The Morgan fingerprint density at radius 3 is 2.60 bits per heavy atom. The van der Waals surface area contributed by atoms with E-state index in [1.54, 1.807) is 0 Å². The largest absolute Gasteiger partial charge is 0.340 e. The van der Waals surface area contributed by atoms with Crippen LogP contribution in [0.3, 0.4) is 0 Å². The van der Waals surface area contributed by atoms with Gasteiger partial charge in [0.15, 0.2) is 0 Å². The molecule has 15 heavy (non-hydrogen) atoms. The van der Waals surface area contributed by atoms with Crippen LogP contribution in [0.4, 0.5) is 0 Å². The highest BCUT2D eigenvalue weighted by molar-refractivity contribution is 4.95. The highest BCUT2D eigenvalue weighted by Gasteiger charge is 2.06. The quantitative estimate of drug-likeness (QED) is 0.710. The fourth-order valence-electron chi connectivity index (χ4n) is 1.30. The molecule has 1 heterocycles. The van der Waals surface area contributed by atoms with E-state index >= 15 is 0 Å². The van der Waals surface area contributed by atoms with Gasteiger partial charge >= 0.3 is 0 Å². The van der Waals surface area contributed by atoms with Gasteiger partial charge in [0, 0.05) is 38.4 Å². The number of imidazole rings is 1. The Labute approximate surface area is 92.1 Å². The molecule has 0 aliphatic heterocycles. The summed E-state index contributed by atoms with van der Waals surface area (Å²) in [7, 11) is 1.98. The van der Waals surface area contributed by atoms with Gasteiger partial charge in [0.1, 0.15) is 0 Å². The first-order valence-electron chi connectivity index (χ1n) is 5.40. The van der Waals surface area contributed by atoms with Gasteiger partial charge in [0.25, 0.3) is 0 Å². The Hall–Kier alpha value is -0.870. The maximum atomic E-state index is 4.24. The highest BCUT2D eigenvalue weighted by Crippen LogP contribution is 1.96. The van der Waals surface area contributed by atoms with E-state index in [-0.39, 0.29) is 5.54 Å². The lowest BCUT2D eigenvalue weighted by atomic mass is 10.1. The molecule has 0 amide bonds. The second-order valence-electron chi connectivity index (χ2n) is 4.88. The normalized spacial score (nSPS) is 12.0. The van der Waals surface area contributed by atoms with Crippen molar-refractivity contribution in [3.63, 3.8) is 0 Å². The Kier molecular flexibility index (Phi) is 4.29. The molecule has 0 spiro atoms. The molecular weight excluding hydrogens is 188 g/mol. The summed E-state index contributed by atoms with van der Waals surface area (Å²) < 4.78 is 1.96. The molecular formula is C11H22N4. The fourth-order valence-corrected chi connectivity index (χ4v) is 1.30. The van der Waals surface area contributed by atoms with E-state index in [0.29, 0.717) is 0 Å². The molecule has 1 aromatic rings. The topological polar surface area (TPSA) is 41.9 Å². The van der Waals surface area contributed by atoms with Crippen LogP contribution in [-0.2, 0) is 13.6 Å². The van der Waals surface area contributed by atoms with Crippen LogP contribution in [0.1, 0.15) is 26.5 Å². The van der Waals surface area contributed by atoms with Crippen LogP contribution in [-0.4, -0.2) is 28.2 Å². The van der Waals surface area contributed by atoms with Gasteiger partial charge in [0.2, 0.25) is 0 Å². The Bertz CT molecular complexity index is 285. The summed E-state index contributed by atoms with van der Waals surface area (Å²) in [5, 5.41) is 6.77. The number of hydrogen-bond donors (Lipinski definition) is 2. The van der Waals surface area contributed by atoms with Crippen molar-refractivity contribution in [3.05, 3.63) is 18.2 Å². The number of aryl methyl sites for hydroxylation is 1. The summed E-state index contributed by atoms with van der Waals surface area (Å²) in [6.07, 6.45) is 3.86. The zero-order valence-corrected chi connectivity index (χ0v) is 10.2. The summed E-state index contributed by atoms with van der Waals surface area (Å²) >= 11 is 0. The predicted octanol–water partition coefficient (Wildman–Crippen LogP) is 0.898. The van der Waals surface area contributed by atoms with E-state index in [0.717, 1.165) is 25.3 Å². The number of nitrogens with zero attached hydrogens (tertiary/aromatic N) is 2. The van der Waals surface area contributed by atoms with Gasteiger partial charge in [-0.15, -0.1) is 0 Å². The average Bonchev–Trinajstić information content (AvgIpc) is 2.49. The van der Waals surface area contributed by atoms with E-state index in [2.05, 4.69) is 36.4 Å². The van der Waals surface area contributed by atoms with E-state index in [4.69, 9.17) is 0 Å². The van der Waals surface area contributed by atoms with Crippen molar-refractivity contribution in [3.8, 4) is 0 Å². The second-order valence-corrected chi connectivity index (χ2v) is 4.88. The van der Waals surface area contributed by atoms with Crippen LogP contribution in [0.25, 0.3) is 0 Å². The molecule has 1 aromatic heterocycles. The van der Waals surface area contributed by atoms with Crippen LogP contribution in [0.15, 0.2) is 12.5 Å². The summed E-state index contributed by atoms with van der Waals surface area (Å²) in [5.74, 6) is 0. The van der Waals surface area contributed by atoms with Crippen LogP contribution in [0.5, 0.6) is 0 Å². The van der Waals surface area contributed by atoms with Crippen LogP contribution in [0.2, 0.25) is 0 Å². The lowest BCUT2D eigenvalue weighted by molar-refractivity contribution is 0.421. The summed E-state index contributed by atoms with van der Waals surface area (Å²) in [5.41, 5.74) is 1.29. The third kappa shape index (κ3) is 5.54. The molecule has 0 aromatic carbocycles. The molecule has 86 valence electrons. The summed E-state index contributed by atoms with van der Waals surface area (Å²) in [6.45, 7) is 9.31. The minimum atomic E-state index is 0.201. The number of aromatic nitrogens is 2. The molecule has 4 heteroatoms. The third-order valence-corrected chi connectivity index (χ3v) is 2.02. The van der Waals surface area contributed by atoms with E-state index in [1.807, 2.05) is 24.1 Å². The highest BCUT2D eigenvalue weighted by atomic mass is 15.0. The van der Waals surface area contributed by atoms with Crippen molar-refractivity contribution in [1.29, 1.82) is 0 Å². The van der Waals surface area contributed by atoms with Gasteiger partial charge in [-0.1, -0.05) is 0 Å². The predicted molar refractivity (Wildman–Crippen MR) is 62.7 cm³/mol. The maximum absolute atomic E-state index is 4.24. The molecule has 0 aliphatic rings. The standard InChI is InChI=1S/C11H22N4/c1-11(2,3)14-6-5-12-7-10-8-15(4)9-13-10/h8-9,12,14H,5-7H2,1-4H3. The molecule has 2 N–H and O–H groups in total. The van der Waals surface area contributed by atoms with Crippen LogP contribution in [0, 0.1) is 0 Å². The Morgan fingerprint density at radius 1 is 1.33 bits per heavy atom. The molecule has 0 saturated heterocycles. The van der Waals surface area contributed by atoms with Gasteiger partial charge in [-0.05, 0) is 20.8 Å². The molecule has 0 saturated carbocycles. The lowest BCUT2D eigenvalue weighted by Crippen LogP contribution is -2.40. The van der Waals surface area contributed by atoms with Crippen molar-refractivity contribution in [2.45, 2.75) is 32.9 Å². The van der Waals surface area contributed by atoms with Crippen LogP contribution >= 0.6 is 0 Å². The van der Waals surface area contributed by atoms with Crippen molar-refractivity contribution in [2.75, 3.05) is 13.1 Å². The zero-order chi connectivity index (χ0) is 11.3. The minimum Gasteiger partial charge on any atom is -0.340 e. The molecule has 0 radical (unpaired) electrons. The lowest BCUT2D eigenvalue weighted by Gasteiger charge is -2.20. The van der Waals surface area contributed by atoms with Crippen molar-refractivity contribution in [2.24, 2.45) is 7.05 Å². The van der Waals surface area contributed by atoms with Crippen molar-refractivity contribution in [1.82, 2.24) is 20.2 Å². The zero-order valence-electron chi connectivity index (χ0n) is 10.2. The molecule has 0 fully saturated rings. The molecule has 0 bridgehead atoms. The van der Waals surface area contributed by atoms with Gasteiger partial charge in [-0.25, -0.2) is 4.98 Å². The first-order valence-corrected chi connectivity index (χ1v) is 5.40. The minimum absolute atomic E-state index is 0.201. The monoisotopic (exact) mass is 210 g/mol. The third-order valence-electron chi connectivity index (χ3n) is 2.02. The van der Waals surface area contributed by atoms with Gasteiger partial charge in [-0.3, -0.25) is 0 Å². The smallest absolute Gasteiger partial charge is 0.0947 e. The molecule has 1 rings (SSSR count). The van der Waals surface area contributed by atoms with Crippen LogP contribution < -0.4 is 10.6 Å².